The SMILES string of the molecule is Cc1c(OCCN2CCCCC2)cccc1-c1ccccc1Cl. The van der Waals surface area contributed by atoms with Gasteiger partial charge in [-0.3, -0.25) is 4.90 Å². The Kier molecular flexibility index (Phi) is 5.58. The molecule has 0 atom stereocenters. The van der Waals surface area contributed by atoms with Gasteiger partial charge in [0.05, 0.1) is 0 Å². The van der Waals surface area contributed by atoms with E-state index in [4.69, 9.17) is 16.3 Å². The van der Waals surface area contributed by atoms with Crippen LogP contribution < -0.4 is 4.74 Å². The highest BCUT2D eigenvalue weighted by atomic mass is 35.5. The van der Waals surface area contributed by atoms with Crippen molar-refractivity contribution in [1.82, 2.24) is 4.90 Å². The van der Waals surface area contributed by atoms with Gasteiger partial charge in [-0.25, -0.2) is 0 Å². The Labute approximate surface area is 144 Å². The smallest absolute Gasteiger partial charge is 0.122 e. The lowest BCUT2D eigenvalue weighted by molar-refractivity contribution is 0.183. The van der Waals surface area contributed by atoms with Gasteiger partial charge in [0.2, 0.25) is 0 Å². The van der Waals surface area contributed by atoms with Crippen LogP contribution in [-0.2, 0) is 0 Å². The highest BCUT2D eigenvalue weighted by Crippen LogP contribution is 2.34. The van der Waals surface area contributed by atoms with E-state index in [0.29, 0.717) is 0 Å². The van der Waals surface area contributed by atoms with Crippen molar-refractivity contribution in [2.45, 2.75) is 26.2 Å². The second-order valence-corrected chi connectivity index (χ2v) is 6.57. The predicted octanol–water partition coefficient (Wildman–Crippen LogP) is 5.18. The highest BCUT2D eigenvalue weighted by Gasteiger charge is 2.12. The first-order valence-corrected chi connectivity index (χ1v) is 8.83. The van der Waals surface area contributed by atoms with Gasteiger partial charge < -0.3 is 4.74 Å². The van der Waals surface area contributed by atoms with Crippen LogP contribution in [-0.4, -0.2) is 31.1 Å². The average molecular weight is 330 g/mol. The highest BCUT2D eigenvalue weighted by molar-refractivity contribution is 6.33. The zero-order valence-electron chi connectivity index (χ0n) is 13.7. The molecule has 122 valence electrons. The first kappa shape index (κ1) is 16.4. The minimum Gasteiger partial charge on any atom is -0.492 e. The molecule has 1 fully saturated rings. The number of nitrogens with zero attached hydrogens (tertiary/aromatic N) is 1. The number of rotatable bonds is 5. The number of piperidine rings is 1. The maximum Gasteiger partial charge on any atom is 0.122 e. The first-order valence-electron chi connectivity index (χ1n) is 8.45. The zero-order valence-corrected chi connectivity index (χ0v) is 14.5. The lowest BCUT2D eigenvalue weighted by atomic mass is 10.00. The van der Waals surface area contributed by atoms with Gasteiger partial charge in [-0.2, -0.15) is 0 Å². The molecule has 1 heterocycles. The molecule has 2 aromatic carbocycles. The van der Waals surface area contributed by atoms with Gasteiger partial charge in [-0.05, 0) is 56.1 Å². The minimum absolute atomic E-state index is 0.743. The monoisotopic (exact) mass is 329 g/mol. The van der Waals surface area contributed by atoms with Crippen LogP contribution >= 0.6 is 11.6 Å². The van der Waals surface area contributed by atoms with E-state index in [1.807, 2.05) is 30.3 Å². The molecule has 0 aromatic heterocycles. The van der Waals surface area contributed by atoms with Crippen molar-refractivity contribution in [3.8, 4) is 16.9 Å². The van der Waals surface area contributed by atoms with Gasteiger partial charge in [0.15, 0.2) is 0 Å². The normalized spacial score (nSPS) is 15.6. The van der Waals surface area contributed by atoms with Crippen molar-refractivity contribution >= 4 is 11.6 Å². The summed E-state index contributed by atoms with van der Waals surface area (Å²) in [6.07, 6.45) is 4.01. The van der Waals surface area contributed by atoms with Crippen molar-refractivity contribution in [3.63, 3.8) is 0 Å². The molecule has 3 heteroatoms. The van der Waals surface area contributed by atoms with Gasteiger partial charge >= 0.3 is 0 Å². The summed E-state index contributed by atoms with van der Waals surface area (Å²) in [5, 5.41) is 0.779. The third-order valence-corrected chi connectivity index (χ3v) is 4.89. The summed E-state index contributed by atoms with van der Waals surface area (Å²) in [7, 11) is 0. The molecule has 1 aliphatic heterocycles. The van der Waals surface area contributed by atoms with E-state index in [2.05, 4.69) is 24.0 Å². The maximum absolute atomic E-state index is 6.34. The molecule has 0 bridgehead atoms. The van der Waals surface area contributed by atoms with E-state index in [1.54, 1.807) is 0 Å². The Hall–Kier alpha value is -1.51. The number of hydrogen-bond acceptors (Lipinski definition) is 2. The Morgan fingerprint density at radius 1 is 0.957 bits per heavy atom. The molecule has 0 spiro atoms. The van der Waals surface area contributed by atoms with E-state index < -0.39 is 0 Å². The minimum atomic E-state index is 0.743. The van der Waals surface area contributed by atoms with Crippen LogP contribution in [0.25, 0.3) is 11.1 Å². The van der Waals surface area contributed by atoms with Gasteiger partial charge in [0, 0.05) is 17.1 Å². The van der Waals surface area contributed by atoms with E-state index in [-0.39, 0.29) is 0 Å². The molecule has 3 rings (SSSR count). The van der Waals surface area contributed by atoms with Gasteiger partial charge in [0.25, 0.3) is 0 Å². The number of benzene rings is 2. The third kappa shape index (κ3) is 4.07. The standard InChI is InChI=1S/C20H24ClNO/c1-16-17(18-8-3-4-10-19(18)21)9-7-11-20(16)23-15-14-22-12-5-2-6-13-22/h3-4,7-11H,2,5-6,12-15H2,1H3. The fourth-order valence-electron chi connectivity index (χ4n) is 3.21. The van der Waals surface area contributed by atoms with Crippen LogP contribution in [0.2, 0.25) is 5.02 Å². The number of likely N-dealkylation sites (tertiary alicyclic amines) is 1. The Morgan fingerprint density at radius 3 is 2.48 bits per heavy atom. The van der Waals surface area contributed by atoms with Crippen molar-refractivity contribution in [2.24, 2.45) is 0 Å². The quantitative estimate of drug-likeness (QED) is 0.749. The lowest BCUT2D eigenvalue weighted by Gasteiger charge is -2.26. The summed E-state index contributed by atoms with van der Waals surface area (Å²) in [5.41, 5.74) is 3.36. The summed E-state index contributed by atoms with van der Waals surface area (Å²) >= 11 is 6.34. The maximum atomic E-state index is 6.34. The van der Waals surface area contributed by atoms with Crippen LogP contribution in [0, 0.1) is 6.92 Å². The number of hydrogen-bond donors (Lipinski definition) is 0. The summed E-state index contributed by atoms with van der Waals surface area (Å²) in [5.74, 6) is 0.958. The van der Waals surface area contributed by atoms with Gasteiger partial charge in [0.1, 0.15) is 12.4 Å². The van der Waals surface area contributed by atoms with E-state index in [0.717, 1.165) is 40.6 Å². The van der Waals surface area contributed by atoms with Crippen molar-refractivity contribution in [2.75, 3.05) is 26.2 Å². The fraction of sp³-hybridized carbons (Fsp3) is 0.400. The van der Waals surface area contributed by atoms with Crippen molar-refractivity contribution in [1.29, 1.82) is 0 Å². The molecular weight excluding hydrogens is 306 g/mol. The Bertz CT molecular complexity index is 650. The van der Waals surface area contributed by atoms with E-state index >= 15 is 0 Å². The molecule has 0 aliphatic carbocycles. The second-order valence-electron chi connectivity index (χ2n) is 6.16. The largest absolute Gasteiger partial charge is 0.492 e. The van der Waals surface area contributed by atoms with Crippen LogP contribution in [0.5, 0.6) is 5.75 Å². The molecule has 0 N–H and O–H groups in total. The molecule has 23 heavy (non-hydrogen) atoms. The first-order chi connectivity index (χ1) is 11.3. The van der Waals surface area contributed by atoms with E-state index in [9.17, 15) is 0 Å². The summed E-state index contributed by atoms with van der Waals surface area (Å²) in [6.45, 7) is 6.28. The topological polar surface area (TPSA) is 12.5 Å². The van der Waals surface area contributed by atoms with Gasteiger partial charge in [-0.15, -0.1) is 0 Å². The molecule has 0 saturated carbocycles. The molecule has 2 nitrogen and oxygen atoms in total. The zero-order chi connectivity index (χ0) is 16.1. The van der Waals surface area contributed by atoms with E-state index in [1.165, 1.54) is 32.4 Å². The second kappa shape index (κ2) is 7.85. The molecule has 0 unspecified atom stereocenters. The molecule has 1 aliphatic rings. The molecule has 1 saturated heterocycles. The van der Waals surface area contributed by atoms with Crippen LogP contribution in [0.4, 0.5) is 0 Å². The Balaban J connectivity index is 1.69. The lowest BCUT2D eigenvalue weighted by Crippen LogP contribution is -2.33. The van der Waals surface area contributed by atoms with Gasteiger partial charge in [-0.1, -0.05) is 48.4 Å². The predicted molar refractivity (Wildman–Crippen MR) is 97.4 cm³/mol. The molecule has 0 amide bonds. The fourth-order valence-corrected chi connectivity index (χ4v) is 3.45. The molecular formula is C20H24ClNO. The summed E-state index contributed by atoms with van der Waals surface area (Å²) in [6, 6.07) is 14.2. The summed E-state index contributed by atoms with van der Waals surface area (Å²) in [4.78, 5) is 2.50. The van der Waals surface area contributed by atoms with Crippen LogP contribution in [0.1, 0.15) is 24.8 Å². The third-order valence-electron chi connectivity index (χ3n) is 4.56. The average Bonchev–Trinajstić information content (AvgIpc) is 2.58. The number of ether oxygens (including phenoxy) is 1. The van der Waals surface area contributed by atoms with Crippen molar-refractivity contribution in [3.05, 3.63) is 53.1 Å². The number of halogens is 1. The molecule has 2 aromatic rings. The van der Waals surface area contributed by atoms with Crippen LogP contribution in [0.15, 0.2) is 42.5 Å². The molecule has 0 radical (unpaired) electrons. The summed E-state index contributed by atoms with van der Waals surface area (Å²) < 4.78 is 6.06. The Morgan fingerprint density at radius 2 is 1.70 bits per heavy atom. The van der Waals surface area contributed by atoms with Crippen LogP contribution in [0.3, 0.4) is 0 Å². The van der Waals surface area contributed by atoms with Crippen molar-refractivity contribution < 1.29 is 4.74 Å².